The first-order valence-electron chi connectivity index (χ1n) is 7.20. The lowest BCUT2D eigenvalue weighted by Crippen LogP contribution is -2.24. The van der Waals surface area contributed by atoms with Gasteiger partial charge in [-0.3, -0.25) is 0 Å². The van der Waals surface area contributed by atoms with E-state index in [4.69, 9.17) is 0 Å². The van der Waals surface area contributed by atoms with Crippen LogP contribution in [0.4, 0.5) is 4.39 Å². The van der Waals surface area contributed by atoms with Crippen molar-refractivity contribution >= 4 is 20.8 Å². The molecule has 0 fully saturated rings. The van der Waals surface area contributed by atoms with E-state index in [1.807, 2.05) is 25.1 Å². The topological polar surface area (TPSA) is 46.2 Å². The maximum absolute atomic E-state index is 13.3. The molecule has 0 aliphatic heterocycles. The van der Waals surface area contributed by atoms with Crippen LogP contribution in [0.5, 0.6) is 0 Å². The third-order valence-corrected chi connectivity index (χ3v) is 5.26. The van der Waals surface area contributed by atoms with Crippen LogP contribution in [0, 0.1) is 12.7 Å². The van der Waals surface area contributed by atoms with Crippen molar-refractivity contribution in [1.29, 1.82) is 0 Å². The summed E-state index contributed by atoms with van der Waals surface area (Å²) in [4.78, 5) is 0.227. The Morgan fingerprint density at radius 2 is 1.74 bits per heavy atom. The van der Waals surface area contributed by atoms with Gasteiger partial charge in [-0.1, -0.05) is 42.5 Å². The van der Waals surface area contributed by atoms with E-state index in [2.05, 4.69) is 4.72 Å². The first-order valence-corrected chi connectivity index (χ1v) is 8.68. The first-order chi connectivity index (χ1) is 11.0. The Kier molecular flexibility index (Phi) is 4.15. The Labute approximate surface area is 134 Å². The molecule has 1 N–H and O–H groups in total. The summed E-state index contributed by atoms with van der Waals surface area (Å²) in [7, 11) is -3.69. The van der Waals surface area contributed by atoms with Crippen LogP contribution in [0.2, 0.25) is 0 Å². The summed E-state index contributed by atoms with van der Waals surface area (Å²) >= 11 is 0. The van der Waals surface area contributed by atoms with E-state index in [-0.39, 0.29) is 17.3 Å². The molecule has 0 atom stereocenters. The second kappa shape index (κ2) is 6.10. The fraction of sp³-hybridized carbons (Fsp3) is 0.111. The lowest BCUT2D eigenvalue weighted by Gasteiger charge is -2.11. The molecular weight excluding hydrogens is 313 g/mol. The van der Waals surface area contributed by atoms with E-state index in [1.54, 1.807) is 30.3 Å². The Morgan fingerprint density at radius 1 is 1.00 bits per heavy atom. The number of halogens is 1. The molecule has 0 aromatic heterocycles. The number of fused-ring (bicyclic) bond motifs is 1. The molecule has 0 radical (unpaired) electrons. The van der Waals surface area contributed by atoms with Gasteiger partial charge >= 0.3 is 0 Å². The second-order valence-corrected chi connectivity index (χ2v) is 7.11. The Morgan fingerprint density at radius 3 is 2.57 bits per heavy atom. The van der Waals surface area contributed by atoms with Gasteiger partial charge in [0, 0.05) is 11.9 Å². The molecule has 3 rings (SSSR count). The zero-order valence-electron chi connectivity index (χ0n) is 12.6. The average Bonchev–Trinajstić information content (AvgIpc) is 2.55. The van der Waals surface area contributed by atoms with Crippen molar-refractivity contribution in [3.63, 3.8) is 0 Å². The van der Waals surface area contributed by atoms with E-state index < -0.39 is 10.0 Å². The molecule has 0 saturated heterocycles. The van der Waals surface area contributed by atoms with Gasteiger partial charge in [-0.2, -0.15) is 0 Å². The smallest absolute Gasteiger partial charge is 0.207 e. The number of aryl methyl sites for hydroxylation is 1. The highest BCUT2D eigenvalue weighted by Gasteiger charge is 2.17. The highest BCUT2D eigenvalue weighted by Crippen LogP contribution is 2.23. The maximum Gasteiger partial charge on any atom is 0.241 e. The standard InChI is InChI=1S/C18H16FNO2S/c1-13-9-10-16(19)11-15(13)12-20-23(21,22)18-8-4-6-14-5-2-3-7-17(14)18/h2-11,20H,12H2,1H3. The van der Waals surface area contributed by atoms with Gasteiger partial charge < -0.3 is 0 Å². The lowest BCUT2D eigenvalue weighted by molar-refractivity contribution is 0.581. The van der Waals surface area contributed by atoms with Crippen molar-refractivity contribution in [3.8, 4) is 0 Å². The van der Waals surface area contributed by atoms with E-state index in [0.29, 0.717) is 10.9 Å². The van der Waals surface area contributed by atoms with Crippen LogP contribution in [-0.4, -0.2) is 8.42 Å². The third kappa shape index (κ3) is 3.25. The average molecular weight is 329 g/mol. The quantitative estimate of drug-likeness (QED) is 0.792. The van der Waals surface area contributed by atoms with Crippen LogP contribution in [0.15, 0.2) is 65.6 Å². The van der Waals surface area contributed by atoms with Crippen molar-refractivity contribution in [1.82, 2.24) is 4.72 Å². The summed E-state index contributed by atoms with van der Waals surface area (Å²) < 4.78 is 41.1. The fourth-order valence-corrected chi connectivity index (χ4v) is 3.75. The second-order valence-electron chi connectivity index (χ2n) is 5.37. The van der Waals surface area contributed by atoms with Gasteiger partial charge in [-0.05, 0) is 41.6 Å². The molecule has 0 aliphatic carbocycles. The maximum atomic E-state index is 13.3. The summed E-state index contributed by atoms with van der Waals surface area (Å²) in [6.07, 6.45) is 0. The largest absolute Gasteiger partial charge is 0.241 e. The van der Waals surface area contributed by atoms with Gasteiger partial charge in [-0.15, -0.1) is 0 Å². The molecule has 118 valence electrons. The van der Waals surface area contributed by atoms with Crippen molar-refractivity contribution in [3.05, 3.63) is 77.6 Å². The lowest BCUT2D eigenvalue weighted by atomic mass is 10.1. The van der Waals surface area contributed by atoms with Crippen molar-refractivity contribution in [2.24, 2.45) is 0 Å². The summed E-state index contributed by atoms with van der Waals surface area (Å²) in [5.41, 5.74) is 1.46. The molecule has 3 aromatic rings. The van der Waals surface area contributed by atoms with E-state index >= 15 is 0 Å². The van der Waals surface area contributed by atoms with Crippen LogP contribution in [0.25, 0.3) is 10.8 Å². The van der Waals surface area contributed by atoms with E-state index in [0.717, 1.165) is 10.9 Å². The van der Waals surface area contributed by atoms with Gasteiger partial charge in [0.2, 0.25) is 10.0 Å². The minimum atomic E-state index is -3.69. The fourth-order valence-electron chi connectivity index (χ4n) is 2.51. The molecule has 5 heteroatoms. The highest BCUT2D eigenvalue weighted by atomic mass is 32.2. The molecule has 0 spiro atoms. The van der Waals surface area contributed by atoms with Crippen LogP contribution in [0.3, 0.4) is 0 Å². The number of benzene rings is 3. The van der Waals surface area contributed by atoms with Crippen molar-refractivity contribution in [2.45, 2.75) is 18.4 Å². The number of sulfonamides is 1. The molecule has 3 aromatic carbocycles. The number of hydrogen-bond acceptors (Lipinski definition) is 2. The molecule has 0 unspecified atom stereocenters. The van der Waals surface area contributed by atoms with E-state index in [1.165, 1.54) is 12.1 Å². The van der Waals surface area contributed by atoms with Crippen molar-refractivity contribution in [2.75, 3.05) is 0 Å². The monoisotopic (exact) mass is 329 g/mol. The Hall–Kier alpha value is -2.24. The van der Waals surface area contributed by atoms with Gasteiger partial charge in [0.05, 0.1) is 4.90 Å². The van der Waals surface area contributed by atoms with E-state index in [9.17, 15) is 12.8 Å². The van der Waals surface area contributed by atoms with Gasteiger partial charge in [0.15, 0.2) is 0 Å². The third-order valence-electron chi connectivity index (χ3n) is 3.80. The predicted octanol–water partition coefficient (Wildman–Crippen LogP) is 3.77. The number of nitrogens with one attached hydrogen (secondary N) is 1. The Bertz CT molecular complexity index is 962. The van der Waals surface area contributed by atoms with Crippen molar-refractivity contribution < 1.29 is 12.8 Å². The molecule has 0 saturated carbocycles. The van der Waals surface area contributed by atoms with Gasteiger partial charge in [0.25, 0.3) is 0 Å². The molecule has 0 aliphatic rings. The molecule has 0 heterocycles. The Balaban J connectivity index is 1.94. The van der Waals surface area contributed by atoms with Crippen LogP contribution < -0.4 is 4.72 Å². The summed E-state index contributed by atoms with van der Waals surface area (Å²) in [6.45, 7) is 1.87. The summed E-state index contributed by atoms with van der Waals surface area (Å²) in [5.74, 6) is -0.380. The minimum absolute atomic E-state index is 0.0507. The molecule has 0 amide bonds. The SMILES string of the molecule is Cc1ccc(F)cc1CNS(=O)(=O)c1cccc2ccccc12. The van der Waals surface area contributed by atoms with Crippen LogP contribution in [0.1, 0.15) is 11.1 Å². The molecule has 3 nitrogen and oxygen atoms in total. The molecule has 23 heavy (non-hydrogen) atoms. The summed E-state index contributed by atoms with van der Waals surface area (Å²) in [6, 6.07) is 16.8. The highest BCUT2D eigenvalue weighted by molar-refractivity contribution is 7.89. The zero-order valence-corrected chi connectivity index (χ0v) is 13.4. The van der Waals surface area contributed by atoms with Crippen LogP contribution in [-0.2, 0) is 16.6 Å². The minimum Gasteiger partial charge on any atom is -0.207 e. The van der Waals surface area contributed by atoms with Crippen LogP contribution >= 0.6 is 0 Å². The zero-order chi connectivity index (χ0) is 16.4. The van der Waals surface area contributed by atoms with Gasteiger partial charge in [-0.25, -0.2) is 17.5 Å². The molecular formula is C18H16FNO2S. The molecule has 0 bridgehead atoms. The normalized spacial score (nSPS) is 11.7. The summed E-state index contributed by atoms with van der Waals surface area (Å²) in [5, 5.41) is 1.52. The number of rotatable bonds is 4. The number of hydrogen-bond donors (Lipinski definition) is 1. The van der Waals surface area contributed by atoms with Gasteiger partial charge in [0.1, 0.15) is 5.82 Å². The predicted molar refractivity (Wildman–Crippen MR) is 89.1 cm³/mol. The first kappa shape index (κ1) is 15.6.